The maximum Gasteiger partial charge on any atom is 0.195 e. The minimum atomic E-state index is -3.50. The summed E-state index contributed by atoms with van der Waals surface area (Å²) in [6.07, 6.45) is 1.67. The summed E-state index contributed by atoms with van der Waals surface area (Å²) in [6.45, 7) is 8.40. The number of fused-ring (bicyclic) bond motifs is 3. The third-order valence-corrected chi connectivity index (χ3v) is 7.07. The Morgan fingerprint density at radius 1 is 1.32 bits per heavy atom. The second kappa shape index (κ2) is 5.63. The molecule has 1 fully saturated rings. The molecule has 1 aromatic heterocycles. The van der Waals surface area contributed by atoms with E-state index in [1.807, 2.05) is 13.8 Å². The lowest BCUT2D eigenvalue weighted by molar-refractivity contribution is 0.00697. The van der Waals surface area contributed by atoms with Crippen LogP contribution in [-0.4, -0.2) is 62.3 Å². The predicted octanol–water partition coefficient (Wildman–Crippen LogP) is 0.945. The molecule has 2 atom stereocenters. The Hall–Kier alpha value is -1.74. The zero-order valence-electron chi connectivity index (χ0n) is 15.1. The summed E-state index contributed by atoms with van der Waals surface area (Å²) in [5.41, 5.74) is -0.228. The predicted molar refractivity (Wildman–Crippen MR) is 91.9 cm³/mol. The Morgan fingerprint density at radius 2 is 2.00 bits per heavy atom. The van der Waals surface area contributed by atoms with Gasteiger partial charge in [0, 0.05) is 6.26 Å². The lowest BCUT2D eigenvalue weighted by atomic mass is 9.95. The smallest absolute Gasteiger partial charge is 0.195 e. The van der Waals surface area contributed by atoms with Crippen LogP contribution in [0.1, 0.15) is 44.0 Å². The first kappa shape index (κ1) is 18.1. The van der Waals surface area contributed by atoms with E-state index in [1.54, 1.807) is 13.8 Å². The molecule has 8 nitrogen and oxygen atoms in total. The summed E-state index contributed by atoms with van der Waals surface area (Å²) in [7, 11) is -3.50. The van der Waals surface area contributed by atoms with Crippen molar-refractivity contribution in [2.24, 2.45) is 0 Å². The number of ether oxygens (including phenoxy) is 2. The lowest BCUT2D eigenvalue weighted by Crippen LogP contribution is -2.64. The van der Waals surface area contributed by atoms with Crippen molar-refractivity contribution in [3.05, 3.63) is 11.5 Å². The van der Waals surface area contributed by atoms with E-state index >= 15 is 0 Å². The first-order valence-corrected chi connectivity index (χ1v) is 9.97. The van der Waals surface area contributed by atoms with Crippen molar-refractivity contribution in [2.45, 2.75) is 44.0 Å². The minimum absolute atomic E-state index is 0.00463. The lowest BCUT2D eigenvalue weighted by Gasteiger charge is -2.51. The zero-order valence-corrected chi connectivity index (χ0v) is 15.9. The number of nitrogens with zero attached hydrogens (tertiary/aromatic N) is 3. The number of hydrogen-bond acceptors (Lipinski definition) is 8. The number of morpholine rings is 1. The van der Waals surface area contributed by atoms with Crippen LogP contribution in [0, 0.1) is 0 Å². The van der Waals surface area contributed by atoms with Crippen LogP contribution in [0.15, 0.2) is 0 Å². The molecule has 0 spiro atoms. The van der Waals surface area contributed by atoms with E-state index in [1.165, 1.54) is 0 Å². The SMILES string of the molecule is C[C@@H]1COC[C@@]2(C)COc3c(nc(C=O)nc3C(C)(C)S(C)(=O)=O)N12. The zero-order chi connectivity index (χ0) is 18.6. The average molecular weight is 369 g/mol. The molecule has 138 valence electrons. The fourth-order valence-electron chi connectivity index (χ4n) is 3.32. The molecule has 0 saturated carbocycles. The molecule has 0 N–H and O–H groups in total. The highest BCUT2D eigenvalue weighted by Crippen LogP contribution is 2.45. The molecular formula is C16H23N3O5S. The van der Waals surface area contributed by atoms with Gasteiger partial charge in [0.25, 0.3) is 0 Å². The Bertz CT molecular complexity index is 823. The maximum absolute atomic E-state index is 12.3. The van der Waals surface area contributed by atoms with Crippen LogP contribution >= 0.6 is 0 Å². The van der Waals surface area contributed by atoms with Crippen molar-refractivity contribution in [3.8, 4) is 5.75 Å². The number of carbonyl (C=O) groups is 1. The molecule has 9 heteroatoms. The third kappa shape index (κ3) is 2.69. The topological polar surface area (TPSA) is 98.7 Å². The van der Waals surface area contributed by atoms with E-state index in [0.29, 0.717) is 37.7 Å². The molecule has 0 aliphatic carbocycles. The number of carbonyl (C=O) groups excluding carboxylic acids is 1. The van der Waals surface area contributed by atoms with Gasteiger partial charge in [0.1, 0.15) is 17.0 Å². The fraction of sp³-hybridized carbons (Fsp3) is 0.688. The van der Waals surface area contributed by atoms with Crippen LogP contribution in [0.25, 0.3) is 0 Å². The Balaban J connectivity index is 2.28. The highest BCUT2D eigenvalue weighted by Gasteiger charge is 2.48. The molecule has 2 aliphatic heterocycles. The quantitative estimate of drug-likeness (QED) is 0.726. The van der Waals surface area contributed by atoms with Crippen molar-refractivity contribution in [3.63, 3.8) is 0 Å². The highest BCUT2D eigenvalue weighted by molar-refractivity contribution is 7.91. The molecule has 2 aliphatic rings. The number of hydrogen-bond donors (Lipinski definition) is 0. The highest BCUT2D eigenvalue weighted by atomic mass is 32.2. The Morgan fingerprint density at radius 3 is 2.60 bits per heavy atom. The molecule has 3 heterocycles. The van der Waals surface area contributed by atoms with Crippen LogP contribution in [0.5, 0.6) is 5.75 Å². The van der Waals surface area contributed by atoms with Gasteiger partial charge >= 0.3 is 0 Å². The number of aromatic nitrogens is 2. The van der Waals surface area contributed by atoms with Crippen LogP contribution in [0.4, 0.5) is 5.82 Å². The van der Waals surface area contributed by atoms with Gasteiger partial charge in [0.05, 0.1) is 24.8 Å². The van der Waals surface area contributed by atoms with Crippen molar-refractivity contribution >= 4 is 21.9 Å². The van der Waals surface area contributed by atoms with Crippen LogP contribution in [-0.2, 0) is 19.3 Å². The van der Waals surface area contributed by atoms with E-state index in [9.17, 15) is 13.2 Å². The van der Waals surface area contributed by atoms with Gasteiger partial charge in [-0.3, -0.25) is 4.79 Å². The Kier molecular flexibility index (Phi) is 4.07. The van der Waals surface area contributed by atoms with Gasteiger partial charge in [-0.05, 0) is 27.7 Å². The molecule has 1 saturated heterocycles. The molecule has 0 bridgehead atoms. The first-order valence-electron chi connectivity index (χ1n) is 8.08. The molecule has 0 aromatic carbocycles. The molecule has 3 rings (SSSR count). The van der Waals surface area contributed by atoms with Gasteiger partial charge in [0.2, 0.25) is 0 Å². The van der Waals surface area contributed by atoms with Gasteiger partial charge in [-0.25, -0.2) is 18.4 Å². The van der Waals surface area contributed by atoms with E-state index in [0.717, 1.165) is 6.26 Å². The molecular weight excluding hydrogens is 346 g/mol. The van der Waals surface area contributed by atoms with Gasteiger partial charge in [-0.2, -0.15) is 0 Å². The van der Waals surface area contributed by atoms with Crippen LogP contribution in [0.2, 0.25) is 0 Å². The second-order valence-corrected chi connectivity index (χ2v) is 10.1. The number of aldehydes is 1. The van der Waals surface area contributed by atoms with Crippen molar-refractivity contribution in [1.82, 2.24) is 9.97 Å². The summed E-state index contributed by atoms with van der Waals surface area (Å²) >= 11 is 0. The standard InChI is InChI=1S/C16H23N3O5S/c1-10-7-23-8-16(4)9-24-12-13(15(2,3)25(5,21)22)17-11(6-20)18-14(12)19(10)16/h6,10H,7-9H2,1-5H3/t10-,16+/m1/s1. The van der Waals surface area contributed by atoms with E-state index in [4.69, 9.17) is 9.47 Å². The van der Waals surface area contributed by atoms with Gasteiger partial charge < -0.3 is 14.4 Å². The maximum atomic E-state index is 12.3. The number of anilines is 1. The van der Waals surface area contributed by atoms with Crippen molar-refractivity contribution in [1.29, 1.82) is 0 Å². The summed E-state index contributed by atoms with van der Waals surface area (Å²) in [5, 5.41) is 0. The first-order chi connectivity index (χ1) is 11.5. The normalized spacial score (nSPS) is 26.4. The fourth-order valence-corrected chi connectivity index (χ4v) is 3.81. The second-order valence-electron chi connectivity index (χ2n) is 7.50. The summed E-state index contributed by atoms with van der Waals surface area (Å²) in [4.78, 5) is 22.0. The van der Waals surface area contributed by atoms with Gasteiger partial charge in [0.15, 0.2) is 33.5 Å². The van der Waals surface area contributed by atoms with Crippen LogP contribution < -0.4 is 9.64 Å². The molecule has 0 radical (unpaired) electrons. The van der Waals surface area contributed by atoms with E-state index in [2.05, 4.69) is 14.9 Å². The summed E-state index contributed by atoms with van der Waals surface area (Å²) in [6, 6.07) is 0.00463. The number of sulfone groups is 1. The molecule has 0 amide bonds. The Labute approximate surface area is 147 Å². The summed E-state index contributed by atoms with van der Waals surface area (Å²) in [5.74, 6) is 0.720. The average Bonchev–Trinajstić information content (AvgIpc) is 2.51. The monoisotopic (exact) mass is 369 g/mol. The van der Waals surface area contributed by atoms with Crippen LogP contribution in [0.3, 0.4) is 0 Å². The van der Waals surface area contributed by atoms with Gasteiger partial charge in [-0.15, -0.1) is 0 Å². The summed E-state index contributed by atoms with van der Waals surface area (Å²) < 4.78 is 34.9. The van der Waals surface area contributed by atoms with Crippen molar-refractivity contribution < 1.29 is 22.7 Å². The third-order valence-electron chi connectivity index (χ3n) is 5.02. The molecule has 0 unspecified atom stereocenters. The number of rotatable bonds is 3. The molecule has 25 heavy (non-hydrogen) atoms. The van der Waals surface area contributed by atoms with Crippen molar-refractivity contribution in [2.75, 3.05) is 31.0 Å². The van der Waals surface area contributed by atoms with Gasteiger partial charge in [-0.1, -0.05) is 0 Å². The van der Waals surface area contributed by atoms with E-state index < -0.39 is 20.1 Å². The van der Waals surface area contributed by atoms with E-state index in [-0.39, 0.29) is 17.6 Å². The largest absolute Gasteiger partial charge is 0.485 e. The molecule has 1 aromatic rings. The minimum Gasteiger partial charge on any atom is -0.485 e.